The van der Waals surface area contributed by atoms with Gasteiger partial charge < -0.3 is 15.1 Å². The van der Waals surface area contributed by atoms with Crippen LogP contribution in [0.3, 0.4) is 0 Å². The lowest BCUT2D eigenvalue weighted by atomic mass is 9.98. The van der Waals surface area contributed by atoms with Crippen molar-refractivity contribution in [3.05, 3.63) is 64.7 Å². The van der Waals surface area contributed by atoms with Crippen molar-refractivity contribution in [3.8, 4) is 5.75 Å². The molecule has 0 saturated carbocycles. The normalized spacial score (nSPS) is 18.3. The molecule has 0 saturated heterocycles. The molecule has 0 aromatic heterocycles. The number of benzene rings is 2. The molecule has 0 fully saturated rings. The van der Waals surface area contributed by atoms with Crippen molar-refractivity contribution in [1.29, 1.82) is 0 Å². The third-order valence-corrected chi connectivity index (χ3v) is 5.37. The second-order valence-electron chi connectivity index (χ2n) is 7.25. The molecule has 2 aromatic carbocycles. The molecule has 0 aliphatic carbocycles. The average molecular weight is 352 g/mol. The summed E-state index contributed by atoms with van der Waals surface area (Å²) in [6.45, 7) is 3.28. The van der Waals surface area contributed by atoms with Crippen LogP contribution in [0.4, 0.5) is 0 Å². The fraction of sp³-hybridized carbons (Fsp3) is 0.381. The zero-order chi connectivity index (χ0) is 18.1. The Kier molecular flexibility index (Phi) is 4.66. The molecule has 2 aliphatic heterocycles. The van der Waals surface area contributed by atoms with E-state index in [1.54, 1.807) is 23.1 Å². The summed E-state index contributed by atoms with van der Waals surface area (Å²) in [5.74, 6) is 0.129. The van der Waals surface area contributed by atoms with Crippen LogP contribution in [0.25, 0.3) is 0 Å². The summed E-state index contributed by atoms with van der Waals surface area (Å²) in [6, 6.07) is 13.3. The highest BCUT2D eigenvalue weighted by Crippen LogP contribution is 2.24. The van der Waals surface area contributed by atoms with E-state index in [1.807, 2.05) is 0 Å². The first-order valence-electron chi connectivity index (χ1n) is 9.18. The monoisotopic (exact) mass is 352 g/mol. The van der Waals surface area contributed by atoms with Crippen LogP contribution in [0.5, 0.6) is 5.75 Å². The number of aliphatic hydroxyl groups is 1. The van der Waals surface area contributed by atoms with Crippen LogP contribution >= 0.6 is 0 Å². The molecule has 26 heavy (non-hydrogen) atoms. The number of nitrogens with zero attached hydrogens (tertiary/aromatic N) is 2. The Labute approximate surface area is 153 Å². The second kappa shape index (κ2) is 7.09. The summed E-state index contributed by atoms with van der Waals surface area (Å²) in [5, 5.41) is 20.1. The fourth-order valence-corrected chi connectivity index (χ4v) is 4.02. The topological polar surface area (TPSA) is 64.0 Å². The van der Waals surface area contributed by atoms with Crippen LogP contribution in [0, 0.1) is 0 Å². The molecule has 1 atom stereocenters. The molecule has 0 radical (unpaired) electrons. The molecule has 5 heteroatoms. The zero-order valence-corrected chi connectivity index (χ0v) is 14.8. The summed E-state index contributed by atoms with van der Waals surface area (Å²) in [5.41, 5.74) is 4.24. The van der Waals surface area contributed by atoms with Gasteiger partial charge >= 0.3 is 0 Å². The van der Waals surface area contributed by atoms with Gasteiger partial charge in [-0.2, -0.15) is 0 Å². The molecule has 1 unspecified atom stereocenters. The number of carbonyl (C=O) groups excluding carboxylic acids is 1. The van der Waals surface area contributed by atoms with Crippen LogP contribution < -0.4 is 0 Å². The van der Waals surface area contributed by atoms with Crippen molar-refractivity contribution in [2.24, 2.45) is 0 Å². The lowest BCUT2D eigenvalue weighted by Crippen LogP contribution is -2.46. The molecule has 0 bridgehead atoms. The van der Waals surface area contributed by atoms with Gasteiger partial charge in [-0.15, -0.1) is 0 Å². The van der Waals surface area contributed by atoms with Gasteiger partial charge in [0.15, 0.2) is 0 Å². The van der Waals surface area contributed by atoms with Crippen LogP contribution in [-0.2, 0) is 19.4 Å². The van der Waals surface area contributed by atoms with E-state index in [-0.39, 0.29) is 11.7 Å². The van der Waals surface area contributed by atoms with Crippen LogP contribution in [0.1, 0.15) is 27.0 Å². The molecule has 136 valence electrons. The van der Waals surface area contributed by atoms with Gasteiger partial charge in [-0.3, -0.25) is 9.69 Å². The number of aliphatic hydroxyl groups excluding tert-OH is 1. The van der Waals surface area contributed by atoms with Gasteiger partial charge in [0.1, 0.15) is 5.75 Å². The highest BCUT2D eigenvalue weighted by Gasteiger charge is 2.27. The summed E-state index contributed by atoms with van der Waals surface area (Å²) in [7, 11) is 0. The van der Waals surface area contributed by atoms with Gasteiger partial charge in [0, 0.05) is 38.3 Å². The number of aromatic hydroxyl groups is 1. The zero-order valence-electron chi connectivity index (χ0n) is 14.8. The number of amides is 1. The van der Waals surface area contributed by atoms with E-state index in [2.05, 4.69) is 29.2 Å². The Morgan fingerprint density at radius 2 is 1.73 bits per heavy atom. The number of carbonyl (C=O) groups is 1. The molecule has 2 N–H and O–H groups in total. The quantitative estimate of drug-likeness (QED) is 0.881. The van der Waals surface area contributed by atoms with Crippen molar-refractivity contribution in [2.75, 3.05) is 26.2 Å². The molecule has 1 amide bonds. The minimum absolute atomic E-state index is 0.0608. The Balaban J connectivity index is 1.36. The highest BCUT2D eigenvalue weighted by atomic mass is 16.3. The Hall–Kier alpha value is -2.37. The van der Waals surface area contributed by atoms with Crippen molar-refractivity contribution in [2.45, 2.75) is 25.5 Å². The first kappa shape index (κ1) is 17.1. The number of phenolic OH excluding ortho intramolecular Hbond substituents is 1. The van der Waals surface area contributed by atoms with Crippen molar-refractivity contribution >= 4 is 5.91 Å². The summed E-state index contributed by atoms with van der Waals surface area (Å²) in [4.78, 5) is 16.6. The molecule has 2 aliphatic rings. The Morgan fingerprint density at radius 1 is 0.962 bits per heavy atom. The van der Waals surface area contributed by atoms with Gasteiger partial charge in [-0.25, -0.2) is 0 Å². The highest BCUT2D eigenvalue weighted by molar-refractivity contribution is 5.97. The molecule has 2 aromatic rings. The molecule has 0 spiro atoms. The van der Waals surface area contributed by atoms with E-state index in [0.717, 1.165) is 25.1 Å². The Morgan fingerprint density at radius 3 is 2.58 bits per heavy atom. The van der Waals surface area contributed by atoms with Gasteiger partial charge in [-0.1, -0.05) is 24.3 Å². The maximum atomic E-state index is 12.6. The average Bonchev–Trinajstić information content (AvgIpc) is 2.64. The van der Waals surface area contributed by atoms with E-state index >= 15 is 0 Å². The fourth-order valence-electron chi connectivity index (χ4n) is 4.02. The lowest BCUT2D eigenvalue weighted by molar-refractivity contribution is 0.0492. The summed E-state index contributed by atoms with van der Waals surface area (Å²) >= 11 is 0. The maximum Gasteiger partial charge on any atom is 0.254 e. The number of hydrogen-bond donors (Lipinski definition) is 2. The van der Waals surface area contributed by atoms with Crippen molar-refractivity contribution in [1.82, 2.24) is 9.80 Å². The maximum absolute atomic E-state index is 12.6. The third kappa shape index (κ3) is 3.45. The number of rotatable bonds is 4. The van der Waals surface area contributed by atoms with Crippen LogP contribution in [0.2, 0.25) is 0 Å². The largest absolute Gasteiger partial charge is 0.508 e. The van der Waals surface area contributed by atoms with Gasteiger partial charge in [0.05, 0.1) is 6.10 Å². The van der Waals surface area contributed by atoms with Gasteiger partial charge in [0.25, 0.3) is 5.91 Å². The van der Waals surface area contributed by atoms with Gasteiger partial charge in [0.2, 0.25) is 0 Å². The molecular weight excluding hydrogens is 328 g/mol. The van der Waals surface area contributed by atoms with Crippen LogP contribution in [0.15, 0.2) is 42.5 Å². The van der Waals surface area contributed by atoms with Crippen molar-refractivity contribution in [3.63, 3.8) is 0 Å². The molecule has 5 nitrogen and oxygen atoms in total. The predicted molar refractivity (Wildman–Crippen MR) is 99.1 cm³/mol. The van der Waals surface area contributed by atoms with E-state index in [1.165, 1.54) is 11.1 Å². The van der Waals surface area contributed by atoms with E-state index in [4.69, 9.17) is 0 Å². The second-order valence-corrected chi connectivity index (χ2v) is 7.25. The minimum Gasteiger partial charge on any atom is -0.508 e. The summed E-state index contributed by atoms with van der Waals surface area (Å²) in [6.07, 6.45) is 1.14. The smallest absolute Gasteiger partial charge is 0.254 e. The SMILES string of the molecule is O=C1c2ccc(O)cc2CCN1CC(O)CN1CCc2ccccc2C1. The third-order valence-electron chi connectivity index (χ3n) is 5.37. The number of fused-ring (bicyclic) bond motifs is 2. The van der Waals surface area contributed by atoms with Gasteiger partial charge in [-0.05, 0) is 47.7 Å². The first-order valence-corrected chi connectivity index (χ1v) is 9.18. The number of β-amino-alcohol motifs (C(OH)–C–C–N with tert-alkyl or cyclic N) is 1. The standard InChI is InChI=1S/C21H24N2O3/c24-18-5-6-20-16(11-18)8-10-23(21(20)26)14-19(25)13-22-9-7-15-3-1-2-4-17(15)12-22/h1-6,11,19,24-25H,7-10,12-14H2. The van der Waals surface area contributed by atoms with Crippen molar-refractivity contribution < 1.29 is 15.0 Å². The number of hydrogen-bond acceptors (Lipinski definition) is 4. The number of phenols is 1. The lowest BCUT2D eigenvalue weighted by Gasteiger charge is -2.34. The van der Waals surface area contributed by atoms with E-state index in [0.29, 0.717) is 31.6 Å². The molecule has 4 rings (SSSR count). The minimum atomic E-state index is -0.567. The first-order chi connectivity index (χ1) is 12.6. The van der Waals surface area contributed by atoms with E-state index < -0.39 is 6.10 Å². The van der Waals surface area contributed by atoms with E-state index in [9.17, 15) is 15.0 Å². The Bertz CT molecular complexity index is 821. The molecular formula is C21H24N2O3. The molecule has 2 heterocycles. The predicted octanol–water partition coefficient (Wildman–Crippen LogP) is 1.81. The summed E-state index contributed by atoms with van der Waals surface area (Å²) < 4.78 is 0. The van der Waals surface area contributed by atoms with Crippen LogP contribution in [-0.4, -0.2) is 58.2 Å².